The van der Waals surface area contributed by atoms with Gasteiger partial charge in [0.15, 0.2) is 5.65 Å². The van der Waals surface area contributed by atoms with Gasteiger partial charge in [0, 0.05) is 18.3 Å². The zero-order valence-corrected chi connectivity index (χ0v) is 15.7. The van der Waals surface area contributed by atoms with Gasteiger partial charge in [0.05, 0.1) is 11.7 Å². The van der Waals surface area contributed by atoms with E-state index in [4.69, 9.17) is 0 Å². The minimum atomic E-state index is -0.353. The highest BCUT2D eigenvalue weighted by atomic mass is 19.1. The van der Waals surface area contributed by atoms with Crippen LogP contribution < -0.4 is 10.6 Å². The fourth-order valence-corrected chi connectivity index (χ4v) is 3.70. The van der Waals surface area contributed by atoms with Gasteiger partial charge < -0.3 is 10.6 Å². The van der Waals surface area contributed by atoms with Gasteiger partial charge in [-0.3, -0.25) is 4.90 Å². The molecule has 7 nitrogen and oxygen atoms in total. The number of benzene rings is 1. The molecule has 0 saturated carbocycles. The summed E-state index contributed by atoms with van der Waals surface area (Å²) in [6.45, 7) is 3.93. The number of carbonyl (C=O) groups excluding carboxylic acids is 1. The number of hydrogen-bond donors (Lipinski definition) is 2. The van der Waals surface area contributed by atoms with E-state index in [0.717, 1.165) is 25.9 Å². The Balaban J connectivity index is 1.47. The molecule has 28 heavy (non-hydrogen) atoms. The number of aryl methyl sites for hydroxylation is 1. The number of fused-ring (bicyclic) bond motifs is 1. The lowest BCUT2D eigenvalue weighted by molar-refractivity contribution is 0.224. The Labute approximate surface area is 162 Å². The number of amides is 2. The van der Waals surface area contributed by atoms with Crippen LogP contribution in [0.3, 0.4) is 0 Å². The van der Waals surface area contributed by atoms with E-state index in [1.807, 2.05) is 6.07 Å². The maximum atomic E-state index is 14.4. The molecule has 2 amide bonds. The number of urea groups is 1. The minimum Gasteiger partial charge on any atom is -0.336 e. The molecule has 8 heteroatoms. The third kappa shape index (κ3) is 3.82. The number of pyridine rings is 1. The van der Waals surface area contributed by atoms with Gasteiger partial charge in [-0.2, -0.15) is 5.10 Å². The maximum absolute atomic E-state index is 14.4. The number of rotatable bonds is 5. The van der Waals surface area contributed by atoms with Crippen LogP contribution in [0, 0.1) is 12.7 Å². The lowest BCUT2D eigenvalue weighted by Gasteiger charge is -2.28. The molecular weight excluding hydrogens is 359 g/mol. The first-order chi connectivity index (χ1) is 13.6. The summed E-state index contributed by atoms with van der Waals surface area (Å²) in [7, 11) is 0. The minimum absolute atomic E-state index is 0.194. The Kier molecular flexibility index (Phi) is 5.21. The summed E-state index contributed by atoms with van der Waals surface area (Å²) in [4.78, 5) is 19.1. The Morgan fingerprint density at radius 3 is 2.79 bits per heavy atom. The van der Waals surface area contributed by atoms with E-state index in [-0.39, 0.29) is 17.9 Å². The van der Waals surface area contributed by atoms with Gasteiger partial charge in [0.1, 0.15) is 11.6 Å². The maximum Gasteiger partial charge on any atom is 0.319 e. The molecule has 2 aromatic heterocycles. The van der Waals surface area contributed by atoms with Crippen LogP contribution in [-0.2, 0) is 0 Å². The molecule has 146 valence electrons. The van der Waals surface area contributed by atoms with Gasteiger partial charge in [0.25, 0.3) is 0 Å². The smallest absolute Gasteiger partial charge is 0.319 e. The van der Waals surface area contributed by atoms with Crippen LogP contribution in [0.1, 0.15) is 30.3 Å². The molecule has 0 unspecified atom stereocenters. The average molecular weight is 382 g/mol. The number of likely N-dealkylation sites (tertiary alicyclic amines) is 1. The lowest BCUT2D eigenvalue weighted by Crippen LogP contribution is -2.39. The van der Waals surface area contributed by atoms with Crippen LogP contribution in [0.25, 0.3) is 5.65 Å². The van der Waals surface area contributed by atoms with Crippen molar-refractivity contribution in [3.63, 3.8) is 0 Å². The van der Waals surface area contributed by atoms with E-state index in [9.17, 15) is 9.18 Å². The van der Waals surface area contributed by atoms with Crippen LogP contribution in [0.4, 0.5) is 14.9 Å². The Hall–Kier alpha value is -3.00. The first-order valence-corrected chi connectivity index (χ1v) is 9.47. The summed E-state index contributed by atoms with van der Waals surface area (Å²) in [5, 5.41) is 9.96. The second kappa shape index (κ2) is 7.93. The Morgan fingerprint density at radius 1 is 1.21 bits per heavy atom. The second-order valence-corrected chi connectivity index (χ2v) is 6.96. The second-order valence-electron chi connectivity index (χ2n) is 6.96. The van der Waals surface area contributed by atoms with Crippen molar-refractivity contribution in [3.05, 3.63) is 59.8 Å². The SMILES string of the molecule is Cc1nc2c(NC(=O)NC[C@@H](c3ccccc3F)N3CCCC3)cccn2n1. The zero-order chi connectivity index (χ0) is 19.5. The molecule has 0 aliphatic carbocycles. The van der Waals surface area contributed by atoms with E-state index >= 15 is 0 Å². The quantitative estimate of drug-likeness (QED) is 0.711. The average Bonchev–Trinajstić information content (AvgIpc) is 3.33. The van der Waals surface area contributed by atoms with E-state index in [1.54, 1.807) is 41.9 Å². The molecule has 1 aromatic carbocycles. The number of nitrogens with one attached hydrogen (secondary N) is 2. The van der Waals surface area contributed by atoms with Crippen molar-refractivity contribution in [2.24, 2.45) is 0 Å². The topological polar surface area (TPSA) is 74.6 Å². The molecule has 0 bridgehead atoms. The fraction of sp³-hybridized carbons (Fsp3) is 0.350. The molecular formula is C20H23FN6O. The summed E-state index contributed by atoms with van der Waals surface area (Å²) in [5.41, 5.74) is 1.77. The number of halogens is 1. The first kappa shape index (κ1) is 18.4. The highest BCUT2D eigenvalue weighted by Crippen LogP contribution is 2.26. The molecule has 1 atom stereocenters. The normalized spacial score (nSPS) is 15.6. The summed E-state index contributed by atoms with van der Waals surface area (Å²) in [6.07, 6.45) is 3.96. The van der Waals surface area contributed by atoms with Gasteiger partial charge in [-0.05, 0) is 51.1 Å². The largest absolute Gasteiger partial charge is 0.336 e. The number of carbonyl (C=O) groups is 1. The molecule has 1 aliphatic rings. The number of aromatic nitrogens is 3. The number of hydrogen-bond acceptors (Lipinski definition) is 4. The van der Waals surface area contributed by atoms with E-state index < -0.39 is 0 Å². The van der Waals surface area contributed by atoms with Crippen LogP contribution in [0.15, 0.2) is 42.6 Å². The Bertz CT molecular complexity index is 982. The fourth-order valence-electron chi connectivity index (χ4n) is 3.70. The molecule has 0 spiro atoms. The van der Waals surface area contributed by atoms with Crippen molar-refractivity contribution in [1.82, 2.24) is 24.8 Å². The zero-order valence-electron chi connectivity index (χ0n) is 15.7. The summed E-state index contributed by atoms with van der Waals surface area (Å²) >= 11 is 0. The first-order valence-electron chi connectivity index (χ1n) is 9.47. The summed E-state index contributed by atoms with van der Waals surface area (Å²) in [5.74, 6) is 0.383. The van der Waals surface area contributed by atoms with Gasteiger partial charge in [-0.1, -0.05) is 18.2 Å². The van der Waals surface area contributed by atoms with Gasteiger partial charge in [0.2, 0.25) is 0 Å². The van der Waals surface area contributed by atoms with Crippen molar-refractivity contribution >= 4 is 17.4 Å². The van der Waals surface area contributed by atoms with Crippen molar-refractivity contribution in [1.29, 1.82) is 0 Å². The van der Waals surface area contributed by atoms with E-state index in [0.29, 0.717) is 29.3 Å². The standard InChI is InChI=1S/C20H23FN6O/c1-14-23-19-17(9-6-12-27(19)25-14)24-20(28)22-13-18(26-10-4-5-11-26)15-7-2-3-8-16(15)21/h2-3,6-9,12,18H,4-5,10-11,13H2,1H3,(H2,22,24,28)/t18-/m0/s1. The molecule has 3 heterocycles. The predicted molar refractivity (Wildman–Crippen MR) is 105 cm³/mol. The highest BCUT2D eigenvalue weighted by Gasteiger charge is 2.26. The number of anilines is 1. The van der Waals surface area contributed by atoms with E-state index in [2.05, 4.69) is 25.6 Å². The molecule has 0 radical (unpaired) electrons. The highest BCUT2D eigenvalue weighted by molar-refractivity contribution is 5.93. The molecule has 3 aromatic rings. The third-order valence-electron chi connectivity index (χ3n) is 5.02. The third-order valence-corrected chi connectivity index (χ3v) is 5.02. The van der Waals surface area contributed by atoms with Gasteiger partial charge >= 0.3 is 6.03 Å². The van der Waals surface area contributed by atoms with Crippen LogP contribution in [0.2, 0.25) is 0 Å². The molecule has 1 aliphatic heterocycles. The lowest BCUT2D eigenvalue weighted by atomic mass is 10.0. The van der Waals surface area contributed by atoms with Crippen molar-refractivity contribution in [3.8, 4) is 0 Å². The summed E-state index contributed by atoms with van der Waals surface area (Å²) in [6, 6.07) is 9.79. The Morgan fingerprint density at radius 2 is 2.00 bits per heavy atom. The molecule has 2 N–H and O–H groups in total. The van der Waals surface area contributed by atoms with Crippen molar-refractivity contribution < 1.29 is 9.18 Å². The van der Waals surface area contributed by atoms with Crippen molar-refractivity contribution in [2.45, 2.75) is 25.8 Å². The van der Waals surface area contributed by atoms with Gasteiger partial charge in [-0.15, -0.1) is 0 Å². The predicted octanol–water partition coefficient (Wildman–Crippen LogP) is 3.14. The molecule has 4 rings (SSSR count). The molecule has 1 saturated heterocycles. The van der Waals surface area contributed by atoms with Crippen molar-refractivity contribution in [2.75, 3.05) is 25.0 Å². The van der Waals surface area contributed by atoms with Gasteiger partial charge in [-0.25, -0.2) is 18.7 Å². The van der Waals surface area contributed by atoms with Crippen LogP contribution >= 0.6 is 0 Å². The van der Waals surface area contributed by atoms with Crippen LogP contribution in [-0.4, -0.2) is 45.2 Å². The monoisotopic (exact) mass is 382 g/mol. The van der Waals surface area contributed by atoms with E-state index in [1.165, 1.54) is 6.07 Å². The number of nitrogens with zero attached hydrogens (tertiary/aromatic N) is 4. The summed E-state index contributed by atoms with van der Waals surface area (Å²) < 4.78 is 16.0. The van der Waals surface area contributed by atoms with Crippen LogP contribution in [0.5, 0.6) is 0 Å². The molecule has 1 fully saturated rings.